The first-order valence-electron chi connectivity index (χ1n) is 6.91. The van der Waals surface area contributed by atoms with E-state index >= 15 is 0 Å². The Morgan fingerprint density at radius 1 is 1.17 bits per heavy atom. The van der Waals surface area contributed by atoms with Crippen LogP contribution in [0.25, 0.3) is 0 Å². The van der Waals surface area contributed by atoms with E-state index in [0.29, 0.717) is 22.5 Å². The first-order chi connectivity index (χ1) is 11.1. The standard InChI is InChI=1S/C17H13BrN2O3/c18-15-9-13(11-23-15)17(22)19-14-6-4-12(5-7-14)10-20-8-2-1-3-16(20)21/h1-9,11H,10H2,(H,19,22). The highest BCUT2D eigenvalue weighted by atomic mass is 79.9. The summed E-state index contributed by atoms with van der Waals surface area (Å²) in [5.41, 5.74) is 2.05. The van der Waals surface area contributed by atoms with Crippen LogP contribution in [-0.2, 0) is 6.54 Å². The fourth-order valence-corrected chi connectivity index (χ4v) is 2.45. The van der Waals surface area contributed by atoms with Crippen LogP contribution in [-0.4, -0.2) is 10.5 Å². The van der Waals surface area contributed by atoms with E-state index in [4.69, 9.17) is 4.42 Å². The maximum atomic E-state index is 12.0. The Balaban J connectivity index is 1.69. The zero-order valence-electron chi connectivity index (χ0n) is 12.0. The number of pyridine rings is 1. The van der Waals surface area contributed by atoms with E-state index in [2.05, 4.69) is 21.2 Å². The van der Waals surface area contributed by atoms with Crippen molar-refractivity contribution in [3.05, 3.63) is 87.1 Å². The molecular formula is C17H13BrN2O3. The normalized spacial score (nSPS) is 10.5. The van der Waals surface area contributed by atoms with Gasteiger partial charge in [0, 0.05) is 24.0 Å². The van der Waals surface area contributed by atoms with E-state index in [1.54, 1.807) is 35.0 Å². The predicted molar refractivity (Wildman–Crippen MR) is 90.6 cm³/mol. The van der Waals surface area contributed by atoms with Crippen molar-refractivity contribution in [1.82, 2.24) is 4.57 Å². The Hall–Kier alpha value is -2.60. The summed E-state index contributed by atoms with van der Waals surface area (Å²) in [6, 6.07) is 14.0. The van der Waals surface area contributed by atoms with Crippen molar-refractivity contribution in [1.29, 1.82) is 0 Å². The lowest BCUT2D eigenvalue weighted by atomic mass is 10.2. The summed E-state index contributed by atoms with van der Waals surface area (Å²) in [5, 5.41) is 2.79. The highest BCUT2D eigenvalue weighted by Crippen LogP contribution is 2.16. The molecule has 0 aliphatic heterocycles. The number of carbonyl (C=O) groups is 1. The molecule has 0 saturated heterocycles. The van der Waals surface area contributed by atoms with Gasteiger partial charge >= 0.3 is 0 Å². The molecule has 0 aliphatic carbocycles. The van der Waals surface area contributed by atoms with Crippen molar-refractivity contribution >= 4 is 27.5 Å². The molecule has 0 spiro atoms. The SMILES string of the molecule is O=C(Nc1ccc(Cn2ccccc2=O)cc1)c1coc(Br)c1. The summed E-state index contributed by atoms with van der Waals surface area (Å²) in [7, 11) is 0. The van der Waals surface area contributed by atoms with Gasteiger partial charge in [0.25, 0.3) is 11.5 Å². The molecular weight excluding hydrogens is 360 g/mol. The molecule has 3 aromatic rings. The number of halogens is 1. The zero-order valence-corrected chi connectivity index (χ0v) is 13.6. The second kappa shape index (κ2) is 6.66. The van der Waals surface area contributed by atoms with E-state index in [9.17, 15) is 9.59 Å². The Morgan fingerprint density at radius 2 is 1.96 bits per heavy atom. The minimum atomic E-state index is -0.244. The zero-order chi connectivity index (χ0) is 16.2. The number of hydrogen-bond acceptors (Lipinski definition) is 3. The molecule has 0 bridgehead atoms. The molecule has 0 radical (unpaired) electrons. The van der Waals surface area contributed by atoms with Crippen LogP contribution in [0.15, 0.2) is 74.9 Å². The van der Waals surface area contributed by atoms with Gasteiger partial charge in [0.15, 0.2) is 4.67 Å². The average Bonchev–Trinajstić information content (AvgIpc) is 2.98. The molecule has 2 aromatic heterocycles. The molecule has 0 aliphatic rings. The minimum Gasteiger partial charge on any atom is -0.457 e. The minimum absolute atomic E-state index is 0.0459. The number of rotatable bonds is 4. The van der Waals surface area contributed by atoms with Gasteiger partial charge in [-0.05, 0) is 39.7 Å². The number of anilines is 1. The van der Waals surface area contributed by atoms with Gasteiger partial charge in [-0.3, -0.25) is 9.59 Å². The number of nitrogens with zero attached hydrogens (tertiary/aromatic N) is 1. The Labute approximate surface area is 140 Å². The smallest absolute Gasteiger partial charge is 0.258 e. The summed E-state index contributed by atoms with van der Waals surface area (Å²) >= 11 is 3.16. The molecule has 1 aromatic carbocycles. The lowest BCUT2D eigenvalue weighted by Crippen LogP contribution is -2.18. The van der Waals surface area contributed by atoms with Crippen molar-refractivity contribution in [3.63, 3.8) is 0 Å². The molecule has 23 heavy (non-hydrogen) atoms. The second-order valence-corrected chi connectivity index (χ2v) is 5.74. The Bertz CT molecular complexity index is 881. The third kappa shape index (κ3) is 3.78. The summed E-state index contributed by atoms with van der Waals surface area (Å²) in [6.07, 6.45) is 3.13. The summed E-state index contributed by atoms with van der Waals surface area (Å²) < 4.78 is 7.17. The topological polar surface area (TPSA) is 64.2 Å². The molecule has 0 saturated carbocycles. The maximum Gasteiger partial charge on any atom is 0.258 e. The van der Waals surface area contributed by atoms with Crippen LogP contribution in [0.3, 0.4) is 0 Å². The largest absolute Gasteiger partial charge is 0.457 e. The van der Waals surface area contributed by atoms with Crippen LogP contribution < -0.4 is 10.9 Å². The van der Waals surface area contributed by atoms with Crippen LogP contribution in [0.2, 0.25) is 0 Å². The third-order valence-corrected chi connectivity index (χ3v) is 3.71. The Kier molecular flexibility index (Phi) is 4.43. The van der Waals surface area contributed by atoms with Crippen molar-refractivity contribution in [2.24, 2.45) is 0 Å². The van der Waals surface area contributed by atoms with Crippen LogP contribution in [0.4, 0.5) is 5.69 Å². The highest BCUT2D eigenvalue weighted by molar-refractivity contribution is 9.10. The number of furan rings is 1. The number of amides is 1. The fraction of sp³-hybridized carbons (Fsp3) is 0.0588. The molecule has 5 nitrogen and oxygen atoms in total. The molecule has 0 fully saturated rings. The molecule has 0 unspecified atom stereocenters. The van der Waals surface area contributed by atoms with Crippen molar-refractivity contribution in [2.75, 3.05) is 5.32 Å². The number of benzene rings is 1. The lowest BCUT2D eigenvalue weighted by molar-refractivity contribution is 0.102. The molecule has 116 valence electrons. The first kappa shape index (κ1) is 15.3. The van der Waals surface area contributed by atoms with E-state index in [-0.39, 0.29) is 11.5 Å². The number of nitrogens with one attached hydrogen (secondary N) is 1. The van der Waals surface area contributed by atoms with Gasteiger partial charge in [-0.1, -0.05) is 18.2 Å². The van der Waals surface area contributed by atoms with Gasteiger partial charge in [-0.2, -0.15) is 0 Å². The highest BCUT2D eigenvalue weighted by Gasteiger charge is 2.09. The average molecular weight is 373 g/mol. The molecule has 3 rings (SSSR count). The number of carbonyl (C=O) groups excluding carboxylic acids is 1. The van der Waals surface area contributed by atoms with Crippen molar-refractivity contribution in [2.45, 2.75) is 6.54 Å². The summed E-state index contributed by atoms with van der Waals surface area (Å²) in [5.74, 6) is -0.244. The van der Waals surface area contributed by atoms with Gasteiger partial charge in [0.1, 0.15) is 6.26 Å². The van der Waals surface area contributed by atoms with E-state index < -0.39 is 0 Å². The monoisotopic (exact) mass is 372 g/mol. The van der Waals surface area contributed by atoms with Gasteiger partial charge in [0.2, 0.25) is 0 Å². The van der Waals surface area contributed by atoms with Crippen LogP contribution >= 0.6 is 15.9 Å². The molecule has 1 N–H and O–H groups in total. The lowest BCUT2D eigenvalue weighted by Gasteiger charge is -2.07. The molecule has 2 heterocycles. The van der Waals surface area contributed by atoms with E-state index in [0.717, 1.165) is 5.56 Å². The predicted octanol–water partition coefficient (Wildman–Crippen LogP) is 3.50. The number of hydrogen-bond donors (Lipinski definition) is 1. The van der Waals surface area contributed by atoms with Crippen LogP contribution in [0.1, 0.15) is 15.9 Å². The van der Waals surface area contributed by atoms with E-state index in [1.165, 1.54) is 12.3 Å². The molecule has 6 heteroatoms. The van der Waals surface area contributed by atoms with Gasteiger partial charge in [-0.15, -0.1) is 0 Å². The second-order valence-electron chi connectivity index (χ2n) is 4.96. The van der Waals surface area contributed by atoms with Crippen molar-refractivity contribution < 1.29 is 9.21 Å². The van der Waals surface area contributed by atoms with Gasteiger partial charge < -0.3 is 14.3 Å². The quantitative estimate of drug-likeness (QED) is 0.761. The summed E-state index contributed by atoms with van der Waals surface area (Å²) in [4.78, 5) is 23.7. The molecule has 1 amide bonds. The van der Waals surface area contributed by atoms with Crippen LogP contribution in [0, 0.1) is 0 Å². The first-order valence-corrected chi connectivity index (χ1v) is 7.71. The third-order valence-electron chi connectivity index (χ3n) is 3.29. The van der Waals surface area contributed by atoms with Crippen molar-refractivity contribution in [3.8, 4) is 0 Å². The van der Waals surface area contributed by atoms with Crippen LogP contribution in [0.5, 0.6) is 0 Å². The fourth-order valence-electron chi connectivity index (χ4n) is 2.11. The van der Waals surface area contributed by atoms with Gasteiger partial charge in [-0.25, -0.2) is 0 Å². The van der Waals surface area contributed by atoms with Gasteiger partial charge in [0.05, 0.1) is 12.1 Å². The van der Waals surface area contributed by atoms with E-state index in [1.807, 2.05) is 18.2 Å². The molecule has 0 atom stereocenters. The maximum absolute atomic E-state index is 12.0. The Morgan fingerprint density at radius 3 is 2.61 bits per heavy atom. The summed E-state index contributed by atoms with van der Waals surface area (Å²) in [6.45, 7) is 0.489. The number of aromatic nitrogens is 1.